The fraction of sp³-hybridized carbons (Fsp3) is 0.435. The van der Waals surface area contributed by atoms with Gasteiger partial charge in [0.1, 0.15) is 12.4 Å². The zero-order valence-corrected chi connectivity index (χ0v) is 17.2. The molecule has 0 radical (unpaired) electrons. The molecule has 0 bridgehead atoms. The van der Waals surface area contributed by atoms with Gasteiger partial charge in [0.2, 0.25) is 5.88 Å². The first kappa shape index (κ1) is 19.1. The Bertz CT molecular complexity index is 971. The van der Waals surface area contributed by atoms with Crippen molar-refractivity contribution in [1.82, 2.24) is 19.7 Å². The van der Waals surface area contributed by atoms with Crippen LogP contribution in [0.15, 0.2) is 48.7 Å². The summed E-state index contributed by atoms with van der Waals surface area (Å²) in [6.07, 6.45) is 6.39. The van der Waals surface area contributed by atoms with Crippen molar-refractivity contribution >= 4 is 5.69 Å². The Kier molecular flexibility index (Phi) is 5.36. The summed E-state index contributed by atoms with van der Waals surface area (Å²) in [5, 5.41) is 9.05. The fourth-order valence-electron chi connectivity index (χ4n) is 4.54. The Morgan fingerprint density at radius 3 is 2.73 bits per heavy atom. The van der Waals surface area contributed by atoms with Gasteiger partial charge in [-0.25, -0.2) is 4.98 Å². The van der Waals surface area contributed by atoms with Gasteiger partial charge in [-0.3, -0.25) is 0 Å². The topological polar surface area (TPSA) is 82.1 Å². The van der Waals surface area contributed by atoms with Crippen LogP contribution in [0.2, 0.25) is 0 Å². The van der Waals surface area contributed by atoms with Crippen molar-refractivity contribution in [2.24, 2.45) is 5.73 Å². The number of ether oxygens (including phenoxy) is 1. The Hall–Kier alpha value is -2.93. The van der Waals surface area contributed by atoms with Crippen LogP contribution in [0, 0.1) is 0 Å². The zero-order chi connectivity index (χ0) is 20.3. The average Bonchev–Trinajstić information content (AvgIpc) is 3.22. The number of nitrogens with two attached hydrogens (primary N) is 1. The molecule has 1 saturated carbocycles. The maximum absolute atomic E-state index is 6.19. The quantitative estimate of drug-likeness (QED) is 0.703. The van der Waals surface area contributed by atoms with E-state index in [1.54, 1.807) is 0 Å². The largest absolute Gasteiger partial charge is 0.473 e. The number of rotatable bonds is 5. The predicted molar refractivity (Wildman–Crippen MR) is 115 cm³/mol. The van der Waals surface area contributed by atoms with Crippen LogP contribution < -0.4 is 15.4 Å². The van der Waals surface area contributed by atoms with Crippen molar-refractivity contribution in [2.45, 2.75) is 57.3 Å². The van der Waals surface area contributed by atoms with E-state index in [1.165, 1.54) is 12.8 Å². The van der Waals surface area contributed by atoms with Crippen molar-refractivity contribution in [3.8, 4) is 5.88 Å². The Balaban J connectivity index is 1.23. The van der Waals surface area contributed by atoms with E-state index >= 15 is 0 Å². The first-order chi connectivity index (χ1) is 14.8. The number of hydrogen-bond acceptors (Lipinski definition) is 6. The molecule has 3 aromatic rings. The summed E-state index contributed by atoms with van der Waals surface area (Å²) in [6, 6.07) is 14.4. The number of benzene rings is 1. The number of fused-ring (bicyclic) bond motifs is 1. The van der Waals surface area contributed by atoms with E-state index in [2.05, 4.69) is 30.7 Å². The third kappa shape index (κ3) is 4.03. The number of aromatic nitrogens is 4. The second-order valence-electron chi connectivity index (χ2n) is 8.30. The van der Waals surface area contributed by atoms with Gasteiger partial charge in [0.05, 0.1) is 18.4 Å². The number of pyridine rings is 1. The summed E-state index contributed by atoms with van der Waals surface area (Å²) in [5.74, 6) is 3.24. The molecule has 1 aliphatic heterocycles. The van der Waals surface area contributed by atoms with Crippen molar-refractivity contribution in [3.05, 3.63) is 65.9 Å². The first-order valence-electron chi connectivity index (χ1n) is 10.8. The van der Waals surface area contributed by atoms with Gasteiger partial charge in [0.25, 0.3) is 0 Å². The van der Waals surface area contributed by atoms with Crippen molar-refractivity contribution < 1.29 is 4.74 Å². The van der Waals surface area contributed by atoms with Crippen LogP contribution in [0.25, 0.3) is 0 Å². The number of nitrogens with zero attached hydrogens (tertiary/aromatic N) is 5. The molecule has 0 amide bonds. The van der Waals surface area contributed by atoms with Gasteiger partial charge >= 0.3 is 0 Å². The third-order valence-electron chi connectivity index (χ3n) is 6.18. The van der Waals surface area contributed by atoms with Crippen LogP contribution in [-0.2, 0) is 19.7 Å². The van der Waals surface area contributed by atoms with E-state index in [1.807, 2.05) is 42.6 Å². The summed E-state index contributed by atoms with van der Waals surface area (Å²) < 4.78 is 8.11. The van der Waals surface area contributed by atoms with E-state index in [-0.39, 0.29) is 0 Å². The molecule has 156 valence electrons. The Labute approximate surface area is 176 Å². The van der Waals surface area contributed by atoms with E-state index in [0.717, 1.165) is 55.4 Å². The molecule has 7 heteroatoms. The van der Waals surface area contributed by atoms with Crippen LogP contribution >= 0.6 is 0 Å². The van der Waals surface area contributed by atoms with Crippen LogP contribution in [0.4, 0.5) is 5.69 Å². The van der Waals surface area contributed by atoms with Crippen LogP contribution in [0.1, 0.15) is 48.8 Å². The van der Waals surface area contributed by atoms with E-state index in [9.17, 15) is 0 Å². The molecule has 1 aromatic carbocycles. The van der Waals surface area contributed by atoms with Gasteiger partial charge in [0, 0.05) is 31.1 Å². The molecule has 2 atom stereocenters. The molecule has 0 spiro atoms. The molecule has 2 aromatic heterocycles. The lowest BCUT2D eigenvalue weighted by Crippen LogP contribution is -2.35. The lowest BCUT2D eigenvalue weighted by molar-refractivity contribution is 0.294. The standard InChI is InChI=1S/C23H28N6O/c24-19-8-4-7-18(13-19)23-27-26-21-15-28(11-12-29(21)23)20-9-10-22(25-14-20)30-16-17-5-2-1-3-6-17/h1-3,5-6,9-10,14,18-19H,4,7-8,11-13,15-16,24H2/t18-,19+/m0/s1. The maximum atomic E-state index is 6.19. The number of hydrogen-bond donors (Lipinski definition) is 1. The molecular weight excluding hydrogens is 376 g/mol. The highest BCUT2D eigenvalue weighted by atomic mass is 16.5. The van der Waals surface area contributed by atoms with Gasteiger partial charge in [-0.15, -0.1) is 10.2 Å². The molecule has 0 unspecified atom stereocenters. The van der Waals surface area contributed by atoms with E-state index in [4.69, 9.17) is 10.5 Å². The second kappa shape index (κ2) is 8.44. The first-order valence-corrected chi connectivity index (χ1v) is 10.8. The summed E-state index contributed by atoms with van der Waals surface area (Å²) in [5.41, 5.74) is 8.40. The minimum Gasteiger partial charge on any atom is -0.473 e. The SMILES string of the molecule is N[C@@H]1CCC[C@H](c2nnc3n2CCN(c2ccc(OCc4ccccc4)nc2)C3)C1. The number of anilines is 1. The van der Waals surface area contributed by atoms with Gasteiger partial charge < -0.3 is 19.9 Å². The van der Waals surface area contributed by atoms with Gasteiger partial charge in [0.15, 0.2) is 5.82 Å². The summed E-state index contributed by atoms with van der Waals surface area (Å²) in [4.78, 5) is 6.79. The lowest BCUT2D eigenvalue weighted by atomic mass is 9.85. The Morgan fingerprint density at radius 2 is 1.93 bits per heavy atom. The highest BCUT2D eigenvalue weighted by Crippen LogP contribution is 2.32. The smallest absolute Gasteiger partial charge is 0.213 e. The molecule has 5 rings (SSSR count). The predicted octanol–water partition coefficient (Wildman–Crippen LogP) is 3.26. The van der Waals surface area contributed by atoms with Crippen LogP contribution in [0.3, 0.4) is 0 Å². The van der Waals surface area contributed by atoms with Crippen LogP contribution in [0.5, 0.6) is 5.88 Å². The molecular formula is C23H28N6O. The monoisotopic (exact) mass is 404 g/mol. The minimum atomic E-state index is 0.297. The highest BCUT2D eigenvalue weighted by molar-refractivity contribution is 5.46. The second-order valence-corrected chi connectivity index (χ2v) is 8.30. The summed E-state index contributed by atoms with van der Waals surface area (Å²) in [7, 11) is 0. The molecule has 2 N–H and O–H groups in total. The minimum absolute atomic E-state index is 0.297. The third-order valence-corrected chi connectivity index (χ3v) is 6.18. The van der Waals surface area contributed by atoms with Crippen molar-refractivity contribution in [3.63, 3.8) is 0 Å². The highest BCUT2D eigenvalue weighted by Gasteiger charge is 2.29. The van der Waals surface area contributed by atoms with Gasteiger partial charge in [-0.2, -0.15) is 0 Å². The van der Waals surface area contributed by atoms with Gasteiger partial charge in [-0.1, -0.05) is 36.8 Å². The molecule has 30 heavy (non-hydrogen) atoms. The van der Waals surface area contributed by atoms with E-state index < -0.39 is 0 Å². The molecule has 3 heterocycles. The summed E-state index contributed by atoms with van der Waals surface area (Å²) in [6.45, 7) is 3.09. The lowest BCUT2D eigenvalue weighted by Gasteiger charge is -2.31. The molecule has 7 nitrogen and oxygen atoms in total. The summed E-state index contributed by atoms with van der Waals surface area (Å²) >= 11 is 0. The van der Waals surface area contributed by atoms with Gasteiger partial charge in [-0.05, 0) is 30.9 Å². The van der Waals surface area contributed by atoms with Crippen molar-refractivity contribution in [1.29, 1.82) is 0 Å². The van der Waals surface area contributed by atoms with E-state index in [0.29, 0.717) is 24.4 Å². The maximum Gasteiger partial charge on any atom is 0.213 e. The Morgan fingerprint density at radius 1 is 1.03 bits per heavy atom. The van der Waals surface area contributed by atoms with Crippen LogP contribution in [-0.4, -0.2) is 32.3 Å². The average molecular weight is 405 g/mol. The molecule has 2 aliphatic rings. The molecule has 1 aliphatic carbocycles. The molecule has 1 fully saturated rings. The molecule has 0 saturated heterocycles. The van der Waals surface area contributed by atoms with Crippen molar-refractivity contribution in [2.75, 3.05) is 11.4 Å². The normalized spacial score (nSPS) is 21.3. The zero-order valence-electron chi connectivity index (χ0n) is 17.2. The fourth-order valence-corrected chi connectivity index (χ4v) is 4.54.